The van der Waals surface area contributed by atoms with Gasteiger partial charge in [-0.1, -0.05) is 281 Å². The number of aliphatic hydroxyl groups is 1. The van der Waals surface area contributed by atoms with Gasteiger partial charge in [-0.3, -0.25) is 37.3 Å². The standard InChI is InChI=1S/C89H146O17P2/c1-5-9-13-17-21-25-29-33-37-40-41-44-48-52-56-60-64-68-72-76-89(94)106-85(80-100-87(92)74-70-66-62-58-54-50-46-42-38-34-30-26-22-18-14-10-6-2)82-104-108(97,98)102-78-83(90)77-101-107(95,96)103-81-84(79-99-86(91)73-69-65-61-57-53-49-45-36-32-28-24-20-16-12-8-4)105-88(93)75-71-67-63-59-55-51-47-43-39-35-31-27-23-19-15-11-7-3/h9,13,21-23,25-28,32-35,37-39,41,44,46-47,50-52,56,58-59,62-63,83-85,90H,5-8,10-12,14-20,24,29-31,36,40,42-43,45,48-49,53-55,57,60-61,64-82H2,1-4H3,(H,95,96)(H,97,98)/b13-9-,25-21-,26-22-,27-23-,32-28-,37-33-,38-34-,39-35-,44-41-,50-46-,51-47-,56-52-,62-58-,63-59-/t83-,84+,85+/m0/s1. The Morgan fingerprint density at radius 1 is 0.269 bits per heavy atom. The largest absolute Gasteiger partial charge is 0.472 e. The second-order valence-corrected chi connectivity index (χ2v) is 29.9. The summed E-state index contributed by atoms with van der Waals surface area (Å²) in [4.78, 5) is 73.1. The van der Waals surface area contributed by atoms with E-state index in [4.69, 9.17) is 37.0 Å². The van der Waals surface area contributed by atoms with Gasteiger partial charge in [0.25, 0.3) is 0 Å². The summed E-state index contributed by atoms with van der Waals surface area (Å²) >= 11 is 0. The fraction of sp³-hybridized carbons (Fsp3) is 0.640. The summed E-state index contributed by atoms with van der Waals surface area (Å²) in [6.07, 6.45) is 94.8. The molecule has 0 spiro atoms. The normalized spacial score (nSPS) is 14.7. The van der Waals surface area contributed by atoms with Crippen LogP contribution in [-0.2, 0) is 65.4 Å². The molecule has 0 rings (SSSR count). The lowest BCUT2D eigenvalue weighted by molar-refractivity contribution is -0.161. The Bertz CT molecular complexity index is 2710. The van der Waals surface area contributed by atoms with Crippen molar-refractivity contribution in [3.05, 3.63) is 170 Å². The maximum atomic E-state index is 13.1. The molecule has 0 aromatic carbocycles. The van der Waals surface area contributed by atoms with Crippen molar-refractivity contribution in [3.8, 4) is 0 Å². The van der Waals surface area contributed by atoms with Gasteiger partial charge in [-0.25, -0.2) is 9.13 Å². The molecule has 0 aliphatic heterocycles. The summed E-state index contributed by atoms with van der Waals surface area (Å²) in [5.41, 5.74) is 0. The van der Waals surface area contributed by atoms with Gasteiger partial charge in [0, 0.05) is 25.7 Å². The van der Waals surface area contributed by atoms with Gasteiger partial charge in [-0.15, -0.1) is 0 Å². The van der Waals surface area contributed by atoms with Gasteiger partial charge < -0.3 is 33.8 Å². The van der Waals surface area contributed by atoms with Crippen LogP contribution in [0.2, 0.25) is 0 Å². The monoisotopic (exact) mass is 1550 g/mol. The van der Waals surface area contributed by atoms with Gasteiger partial charge in [0.2, 0.25) is 0 Å². The summed E-state index contributed by atoms with van der Waals surface area (Å²) < 4.78 is 68.6. The summed E-state index contributed by atoms with van der Waals surface area (Å²) in [6, 6.07) is 0. The lowest BCUT2D eigenvalue weighted by Gasteiger charge is -2.21. The first-order chi connectivity index (χ1) is 52.7. The van der Waals surface area contributed by atoms with Crippen LogP contribution in [-0.4, -0.2) is 96.7 Å². The highest BCUT2D eigenvalue weighted by atomic mass is 31.2. The maximum Gasteiger partial charge on any atom is 0.472 e. The molecule has 0 saturated heterocycles. The number of hydrogen-bond acceptors (Lipinski definition) is 15. The van der Waals surface area contributed by atoms with E-state index in [9.17, 15) is 43.2 Å². The molecule has 0 aromatic rings. The molecule has 0 amide bonds. The minimum Gasteiger partial charge on any atom is -0.462 e. The number of phosphoric acid groups is 2. The molecule has 3 N–H and O–H groups in total. The molecular formula is C89H146O17P2. The first kappa shape index (κ1) is 102. The SMILES string of the molecule is CC/C=C\C/C=C\C/C=C\C/C=C\C/C=C\CCCCCC(=O)O[C@H](COC(=O)CCC/C=C\C/C=C\C/C=C\C/C=C\CCCCC)COP(=O)(O)OC[C@@H](O)COP(=O)(O)OC[C@@H](COC(=O)CCCCCCCCC/C=C\CCCCCC)OC(=O)CCC/C=C\C/C=C\C/C=C\C/C=C\CCCCC. The number of esters is 4. The second-order valence-electron chi connectivity index (χ2n) is 27.0. The Morgan fingerprint density at radius 2 is 0.491 bits per heavy atom. The van der Waals surface area contributed by atoms with Gasteiger partial charge >= 0.3 is 39.5 Å². The number of phosphoric ester groups is 2. The van der Waals surface area contributed by atoms with E-state index in [2.05, 4.69) is 174 Å². The Morgan fingerprint density at radius 3 is 0.824 bits per heavy atom. The Hall–Kier alpha value is -5.58. The molecule has 0 aliphatic carbocycles. The molecular weight excluding hydrogens is 1400 g/mol. The number of unbranched alkanes of at least 4 members (excludes halogenated alkanes) is 22. The van der Waals surface area contributed by atoms with Crippen LogP contribution in [0, 0.1) is 0 Å². The van der Waals surface area contributed by atoms with E-state index in [1.807, 2.05) is 24.3 Å². The highest BCUT2D eigenvalue weighted by Crippen LogP contribution is 2.45. The molecule has 0 heterocycles. The lowest BCUT2D eigenvalue weighted by atomic mass is 10.1. The molecule has 0 aromatic heterocycles. The zero-order valence-corrected chi connectivity index (χ0v) is 69.0. The number of ether oxygens (including phenoxy) is 4. The molecule has 17 nitrogen and oxygen atoms in total. The van der Waals surface area contributed by atoms with Crippen molar-refractivity contribution >= 4 is 39.5 Å². The summed E-state index contributed by atoms with van der Waals surface area (Å²) in [5.74, 6) is -2.36. The summed E-state index contributed by atoms with van der Waals surface area (Å²) in [5, 5.41) is 10.7. The third-order valence-electron chi connectivity index (χ3n) is 16.6. The first-order valence-electron chi connectivity index (χ1n) is 41.4. The van der Waals surface area contributed by atoms with Crippen molar-refractivity contribution in [3.63, 3.8) is 0 Å². The summed E-state index contributed by atoms with van der Waals surface area (Å²) in [7, 11) is -10.0. The average molecular weight is 1550 g/mol. The molecule has 0 radical (unpaired) electrons. The van der Waals surface area contributed by atoms with Gasteiger partial charge in [0.15, 0.2) is 12.2 Å². The van der Waals surface area contributed by atoms with Gasteiger partial charge in [0.1, 0.15) is 19.3 Å². The number of carbonyl (C=O) groups excluding carboxylic acids is 4. The maximum absolute atomic E-state index is 13.1. The van der Waals surface area contributed by atoms with E-state index >= 15 is 0 Å². The number of rotatable bonds is 76. The average Bonchev–Trinajstić information content (AvgIpc) is 0.903. The molecule has 2 unspecified atom stereocenters. The van der Waals surface area contributed by atoms with Crippen LogP contribution in [0.15, 0.2) is 170 Å². The zero-order valence-electron chi connectivity index (χ0n) is 67.2. The topological polar surface area (TPSA) is 237 Å². The van der Waals surface area contributed by atoms with Crippen molar-refractivity contribution in [1.82, 2.24) is 0 Å². The molecule has 0 saturated carbocycles. The number of aliphatic hydroxyl groups excluding tert-OH is 1. The van der Waals surface area contributed by atoms with E-state index in [0.29, 0.717) is 38.5 Å². The second kappa shape index (κ2) is 79.5. The third kappa shape index (κ3) is 78.5. The van der Waals surface area contributed by atoms with Crippen LogP contribution in [0.1, 0.15) is 310 Å². The predicted molar refractivity (Wildman–Crippen MR) is 445 cm³/mol. The molecule has 0 bridgehead atoms. The summed E-state index contributed by atoms with van der Waals surface area (Å²) in [6.45, 7) is 4.52. The van der Waals surface area contributed by atoms with Gasteiger partial charge in [0.05, 0.1) is 26.4 Å². The van der Waals surface area contributed by atoms with E-state index in [1.54, 1.807) is 0 Å². The van der Waals surface area contributed by atoms with Crippen LogP contribution in [0.25, 0.3) is 0 Å². The van der Waals surface area contributed by atoms with E-state index in [0.717, 1.165) is 154 Å². The highest BCUT2D eigenvalue weighted by Gasteiger charge is 2.30. The molecule has 614 valence electrons. The minimum atomic E-state index is -5.01. The first-order valence-corrected chi connectivity index (χ1v) is 44.4. The van der Waals surface area contributed by atoms with Gasteiger partial charge in [-0.2, -0.15) is 0 Å². The molecule has 0 aliphatic rings. The molecule has 5 atom stereocenters. The lowest BCUT2D eigenvalue weighted by Crippen LogP contribution is -2.30. The fourth-order valence-electron chi connectivity index (χ4n) is 10.3. The van der Waals surface area contributed by atoms with Crippen LogP contribution in [0.4, 0.5) is 0 Å². The van der Waals surface area contributed by atoms with Gasteiger partial charge in [-0.05, 0) is 173 Å². The van der Waals surface area contributed by atoms with Crippen LogP contribution < -0.4 is 0 Å². The van der Waals surface area contributed by atoms with Crippen molar-refractivity contribution < 1.29 is 80.2 Å². The number of allylic oxidation sites excluding steroid dienone is 28. The van der Waals surface area contributed by atoms with Crippen LogP contribution in [0.3, 0.4) is 0 Å². The number of carbonyl (C=O) groups is 4. The van der Waals surface area contributed by atoms with Crippen molar-refractivity contribution in [1.29, 1.82) is 0 Å². The molecule has 19 heteroatoms. The highest BCUT2D eigenvalue weighted by molar-refractivity contribution is 7.47. The Balaban J connectivity index is 5.53. The third-order valence-corrected chi connectivity index (χ3v) is 18.5. The van der Waals surface area contributed by atoms with E-state index in [-0.39, 0.29) is 25.7 Å². The molecule has 108 heavy (non-hydrogen) atoms. The fourth-order valence-corrected chi connectivity index (χ4v) is 11.9. The quantitative estimate of drug-likeness (QED) is 0.0169. The predicted octanol–water partition coefficient (Wildman–Crippen LogP) is 24.6. The zero-order chi connectivity index (χ0) is 78.9. The smallest absolute Gasteiger partial charge is 0.462 e. The van der Waals surface area contributed by atoms with Crippen molar-refractivity contribution in [2.45, 2.75) is 329 Å². The van der Waals surface area contributed by atoms with Crippen LogP contribution in [0.5, 0.6) is 0 Å². The Labute approximate surface area is 654 Å². The van der Waals surface area contributed by atoms with Crippen molar-refractivity contribution in [2.24, 2.45) is 0 Å². The molecule has 0 fully saturated rings. The van der Waals surface area contributed by atoms with E-state index < -0.39 is 97.5 Å². The number of hydrogen-bond donors (Lipinski definition) is 3. The van der Waals surface area contributed by atoms with E-state index in [1.165, 1.54) is 64.2 Å². The van der Waals surface area contributed by atoms with Crippen LogP contribution >= 0.6 is 15.6 Å². The Kier molecular flexibility index (Phi) is 75.4. The van der Waals surface area contributed by atoms with Crippen molar-refractivity contribution in [2.75, 3.05) is 39.6 Å². The minimum absolute atomic E-state index is 0.0116.